The van der Waals surface area contributed by atoms with E-state index in [9.17, 15) is 10.1 Å². The molecule has 9 heteroatoms. The number of ether oxygens (including phenoxy) is 2. The van der Waals surface area contributed by atoms with Crippen molar-refractivity contribution in [1.82, 2.24) is 19.3 Å². The predicted octanol–water partition coefficient (Wildman–Crippen LogP) is 4.44. The fourth-order valence-electron chi connectivity index (χ4n) is 3.80. The van der Waals surface area contributed by atoms with Crippen LogP contribution in [0.3, 0.4) is 0 Å². The summed E-state index contributed by atoms with van der Waals surface area (Å²) < 4.78 is 14.7. The van der Waals surface area contributed by atoms with Crippen molar-refractivity contribution in [2.24, 2.45) is 0 Å². The average molecular weight is 444 g/mol. The molecule has 4 aromatic rings. The molecule has 0 spiro atoms. The van der Waals surface area contributed by atoms with E-state index >= 15 is 0 Å². The Balaban J connectivity index is 1.68. The number of nitrogens with zero attached hydrogens (tertiary/aromatic N) is 5. The lowest BCUT2D eigenvalue weighted by atomic mass is 10.1. The number of carbonyl (C=O) groups excluding carboxylic acids is 1. The second-order valence-corrected chi connectivity index (χ2v) is 7.19. The van der Waals surface area contributed by atoms with Gasteiger partial charge in [-0.2, -0.15) is 10.4 Å². The molecule has 0 saturated carbocycles. The zero-order valence-corrected chi connectivity index (χ0v) is 18.5. The van der Waals surface area contributed by atoms with Gasteiger partial charge in [-0.05, 0) is 38.1 Å². The molecule has 2 heterocycles. The summed E-state index contributed by atoms with van der Waals surface area (Å²) in [6.45, 7) is 5.76. The highest BCUT2D eigenvalue weighted by atomic mass is 16.5. The topological polar surface area (TPSA) is 107 Å². The summed E-state index contributed by atoms with van der Waals surface area (Å²) in [6.07, 6.45) is 2.62. The zero-order valence-electron chi connectivity index (χ0n) is 18.5. The molecule has 2 aromatic carbocycles. The second-order valence-electron chi connectivity index (χ2n) is 7.19. The number of rotatable bonds is 8. The molecule has 168 valence electrons. The van der Waals surface area contributed by atoms with Crippen LogP contribution < -0.4 is 10.1 Å². The summed E-state index contributed by atoms with van der Waals surface area (Å²) in [5.41, 5.74) is 3.70. The second kappa shape index (κ2) is 9.87. The van der Waals surface area contributed by atoms with Gasteiger partial charge in [-0.15, -0.1) is 0 Å². The molecular weight excluding hydrogens is 420 g/mol. The summed E-state index contributed by atoms with van der Waals surface area (Å²) in [6, 6.07) is 15.5. The van der Waals surface area contributed by atoms with E-state index < -0.39 is 6.09 Å². The van der Waals surface area contributed by atoms with Crippen LogP contribution in [0.4, 0.5) is 10.5 Å². The van der Waals surface area contributed by atoms with Crippen LogP contribution in [0.25, 0.3) is 22.2 Å². The molecule has 0 aliphatic carbocycles. The molecule has 0 unspecified atom stereocenters. The predicted molar refractivity (Wildman–Crippen MR) is 124 cm³/mol. The maximum atomic E-state index is 11.8. The van der Waals surface area contributed by atoms with Gasteiger partial charge in [0.1, 0.15) is 31.1 Å². The Morgan fingerprint density at radius 3 is 2.82 bits per heavy atom. The van der Waals surface area contributed by atoms with Gasteiger partial charge in [0.25, 0.3) is 0 Å². The Bertz CT molecular complexity index is 1300. The van der Waals surface area contributed by atoms with Crippen molar-refractivity contribution >= 4 is 22.7 Å². The molecule has 2 aromatic heterocycles. The molecule has 0 aliphatic rings. The van der Waals surface area contributed by atoms with E-state index in [1.807, 2.05) is 43.3 Å². The number of aromatic nitrogens is 4. The quantitative estimate of drug-likeness (QED) is 0.431. The van der Waals surface area contributed by atoms with Gasteiger partial charge < -0.3 is 14.0 Å². The third-order valence-corrected chi connectivity index (χ3v) is 5.18. The summed E-state index contributed by atoms with van der Waals surface area (Å²) >= 11 is 0. The highest BCUT2D eigenvalue weighted by molar-refractivity contribution is 5.96. The van der Waals surface area contributed by atoms with Crippen LogP contribution in [-0.2, 0) is 17.8 Å². The third-order valence-electron chi connectivity index (χ3n) is 5.18. The fourth-order valence-corrected chi connectivity index (χ4v) is 3.80. The molecule has 0 saturated heterocycles. The first-order valence-electron chi connectivity index (χ1n) is 10.7. The maximum Gasteiger partial charge on any atom is 0.411 e. The van der Waals surface area contributed by atoms with E-state index in [0.29, 0.717) is 36.7 Å². The fraction of sp³-hybridized carbons (Fsp3) is 0.250. The van der Waals surface area contributed by atoms with Crippen LogP contribution in [0.15, 0.2) is 55.1 Å². The van der Waals surface area contributed by atoms with Crippen LogP contribution in [0.1, 0.15) is 19.4 Å². The van der Waals surface area contributed by atoms with Crippen LogP contribution in [0, 0.1) is 11.3 Å². The van der Waals surface area contributed by atoms with Crippen LogP contribution in [0.2, 0.25) is 0 Å². The van der Waals surface area contributed by atoms with Gasteiger partial charge in [0.2, 0.25) is 0 Å². The highest BCUT2D eigenvalue weighted by Gasteiger charge is 2.19. The van der Waals surface area contributed by atoms with E-state index in [0.717, 1.165) is 22.2 Å². The van der Waals surface area contributed by atoms with Crippen molar-refractivity contribution in [2.75, 3.05) is 18.5 Å². The van der Waals surface area contributed by atoms with Crippen LogP contribution >= 0.6 is 0 Å². The lowest BCUT2D eigenvalue weighted by molar-refractivity contribution is 0.168. The monoisotopic (exact) mass is 444 g/mol. The number of amides is 1. The lowest BCUT2D eigenvalue weighted by Gasteiger charge is -2.11. The number of carbonyl (C=O) groups is 1. The minimum Gasteiger partial charge on any atom is -0.492 e. The smallest absolute Gasteiger partial charge is 0.411 e. The first-order chi connectivity index (χ1) is 16.1. The van der Waals surface area contributed by atoms with Gasteiger partial charge in [0, 0.05) is 29.2 Å². The molecule has 0 atom stereocenters. The minimum absolute atomic E-state index is 0.289. The molecule has 4 rings (SSSR count). The molecule has 1 amide bonds. The highest BCUT2D eigenvalue weighted by Crippen LogP contribution is 2.36. The normalized spacial score (nSPS) is 10.7. The molecule has 9 nitrogen and oxygen atoms in total. The molecule has 0 bridgehead atoms. The first kappa shape index (κ1) is 21.9. The zero-order chi connectivity index (χ0) is 23.2. The Hall–Kier alpha value is -4.32. The van der Waals surface area contributed by atoms with Gasteiger partial charge in [-0.25, -0.2) is 14.5 Å². The molecule has 0 radical (unpaired) electrons. The van der Waals surface area contributed by atoms with E-state index in [1.54, 1.807) is 24.0 Å². The van der Waals surface area contributed by atoms with E-state index in [2.05, 4.69) is 26.0 Å². The van der Waals surface area contributed by atoms with E-state index in [-0.39, 0.29) is 6.61 Å². The summed E-state index contributed by atoms with van der Waals surface area (Å²) in [7, 11) is 0. The average Bonchev–Trinajstić information content (AvgIpc) is 3.44. The number of benzene rings is 2. The minimum atomic E-state index is -0.515. The maximum absolute atomic E-state index is 11.8. The number of anilines is 1. The van der Waals surface area contributed by atoms with Gasteiger partial charge in [0.05, 0.1) is 29.9 Å². The SMILES string of the molecule is CCOC(=O)Nc1cccc(-c2c(C#N)c3ccc(OCCn4cncn4)cc3n2CC)c1. The lowest BCUT2D eigenvalue weighted by Crippen LogP contribution is -2.13. The number of fused-ring (bicyclic) bond motifs is 1. The van der Waals surface area contributed by atoms with Crippen molar-refractivity contribution < 1.29 is 14.3 Å². The Morgan fingerprint density at radius 2 is 2.09 bits per heavy atom. The number of hydrogen-bond donors (Lipinski definition) is 1. The van der Waals surface area contributed by atoms with Gasteiger partial charge in [0.15, 0.2) is 0 Å². The number of hydrogen-bond acceptors (Lipinski definition) is 6. The summed E-state index contributed by atoms with van der Waals surface area (Å²) in [5, 5.41) is 17.6. The van der Waals surface area contributed by atoms with Crippen molar-refractivity contribution in [1.29, 1.82) is 5.26 Å². The van der Waals surface area contributed by atoms with Crippen molar-refractivity contribution in [3.8, 4) is 23.1 Å². The largest absolute Gasteiger partial charge is 0.492 e. The molecule has 1 N–H and O–H groups in total. The Labute approximate surface area is 191 Å². The Morgan fingerprint density at radius 1 is 1.21 bits per heavy atom. The van der Waals surface area contributed by atoms with Gasteiger partial charge in [-0.1, -0.05) is 12.1 Å². The van der Waals surface area contributed by atoms with Crippen LogP contribution in [-0.4, -0.2) is 38.6 Å². The summed E-state index contributed by atoms with van der Waals surface area (Å²) in [5.74, 6) is 0.712. The first-order valence-corrected chi connectivity index (χ1v) is 10.7. The van der Waals surface area contributed by atoms with Gasteiger partial charge >= 0.3 is 6.09 Å². The van der Waals surface area contributed by atoms with E-state index in [1.165, 1.54) is 6.33 Å². The molecule has 0 fully saturated rings. The summed E-state index contributed by atoms with van der Waals surface area (Å²) in [4.78, 5) is 15.8. The number of nitrogens with one attached hydrogen (secondary N) is 1. The molecular formula is C24H24N6O3. The van der Waals surface area contributed by atoms with Crippen molar-refractivity contribution in [3.05, 3.63) is 60.7 Å². The molecule has 33 heavy (non-hydrogen) atoms. The third kappa shape index (κ3) is 4.65. The number of aryl methyl sites for hydroxylation is 1. The van der Waals surface area contributed by atoms with Crippen molar-refractivity contribution in [3.63, 3.8) is 0 Å². The van der Waals surface area contributed by atoms with Gasteiger partial charge in [-0.3, -0.25) is 5.32 Å². The molecule has 0 aliphatic heterocycles. The van der Waals surface area contributed by atoms with Crippen LogP contribution in [0.5, 0.6) is 5.75 Å². The number of nitriles is 1. The van der Waals surface area contributed by atoms with Crippen molar-refractivity contribution in [2.45, 2.75) is 26.9 Å². The standard InChI is InChI=1S/C24H24N6O3/c1-3-30-22-13-19(33-11-10-29-16-26-15-27-29)8-9-20(22)21(14-25)23(30)17-6-5-7-18(12-17)28-24(31)32-4-2/h5-9,12-13,15-16H,3-4,10-11H2,1-2H3,(H,28,31). The van der Waals surface area contributed by atoms with E-state index in [4.69, 9.17) is 9.47 Å². The Kier molecular flexibility index (Phi) is 6.55.